The second kappa shape index (κ2) is 57.6. The van der Waals surface area contributed by atoms with E-state index >= 15 is 0 Å². The average molecular weight is 1590 g/mol. The first kappa shape index (κ1) is 101. The number of aromatic hydroxyl groups is 1. The van der Waals surface area contributed by atoms with Crippen LogP contribution >= 0.6 is 0 Å². The summed E-state index contributed by atoms with van der Waals surface area (Å²) in [4.78, 5) is 10.3. The lowest BCUT2D eigenvalue weighted by molar-refractivity contribution is 0.305. The highest BCUT2D eigenvalue weighted by Crippen LogP contribution is 2.30. The van der Waals surface area contributed by atoms with Crippen LogP contribution in [0.1, 0.15) is 242 Å². The lowest BCUT2D eigenvalue weighted by atomic mass is 9.84. The largest absolute Gasteiger partial charge is 0.508 e. The minimum atomic E-state index is 0. The molecule has 0 unspecified atom stereocenters. The summed E-state index contributed by atoms with van der Waals surface area (Å²) < 4.78 is 0. The van der Waals surface area contributed by atoms with Gasteiger partial charge in [0, 0.05) is 29.0 Å². The fourth-order valence-corrected chi connectivity index (χ4v) is 14.5. The Hall–Kier alpha value is -9.51. The number of nitrogens with one attached hydrogen (secondary N) is 2. The van der Waals surface area contributed by atoms with E-state index in [0.717, 1.165) is 78.9 Å². The van der Waals surface area contributed by atoms with Crippen LogP contribution in [0, 0.1) is 59.2 Å². The van der Waals surface area contributed by atoms with Crippen LogP contribution in [0.4, 0.5) is 0 Å². The number of fused-ring (bicyclic) bond motifs is 3. The molecule has 0 saturated heterocycles. The van der Waals surface area contributed by atoms with Gasteiger partial charge < -0.3 is 15.1 Å². The molecule has 11 aromatic carbocycles. The predicted molar refractivity (Wildman–Crippen MR) is 525 cm³/mol. The molecule has 0 aliphatic heterocycles. The van der Waals surface area contributed by atoms with Crippen molar-refractivity contribution in [2.75, 3.05) is 0 Å². The second-order valence-corrected chi connectivity index (χ2v) is 36.0. The Morgan fingerprint density at radius 3 is 1.19 bits per heavy atom. The van der Waals surface area contributed by atoms with Crippen molar-refractivity contribution in [3.8, 4) is 28.0 Å². The van der Waals surface area contributed by atoms with Crippen molar-refractivity contribution in [1.82, 2.24) is 15.0 Å². The van der Waals surface area contributed by atoms with E-state index in [4.69, 9.17) is 5.11 Å². The van der Waals surface area contributed by atoms with Crippen molar-refractivity contribution in [3.63, 3.8) is 0 Å². The van der Waals surface area contributed by atoms with Crippen molar-refractivity contribution in [2.45, 2.75) is 249 Å². The number of aromatic nitrogens is 3. The quantitative estimate of drug-likeness (QED) is 0.0598. The fourth-order valence-electron chi connectivity index (χ4n) is 14.5. The van der Waals surface area contributed by atoms with E-state index in [1.807, 2.05) is 18.3 Å². The summed E-state index contributed by atoms with van der Waals surface area (Å²) in [5, 5.41) is 15.9. The van der Waals surface area contributed by atoms with Crippen molar-refractivity contribution >= 4 is 32.4 Å². The van der Waals surface area contributed by atoms with Crippen molar-refractivity contribution in [3.05, 3.63) is 336 Å². The SMILES string of the molecule is C.C.CC(C)CC1CCCCC1.CC(C)CCc1ccc(-c2ccccc2)cc1.CC(C)CCc1ccc(O)cc1.CC(C)CCc1ccccc1.CC(C)Cc1c[nH]c2ccccc12.CC(C)Cc1ccc(-c2ccccc2)cc1.CC(C)Cc1ccc2ccccc2c1.CC(C)Cc1cccc2ccccc12.CC(C)Cc1cnc[nH]1. The summed E-state index contributed by atoms with van der Waals surface area (Å²) in [5.41, 5.74) is 17.6. The standard InChI is InChI=1S/C17H20.C16H18.2C14H16.C12H15N.C11H16O.C11H16.C10H20.C7H12N2.2CH4/c1-14(2)8-9-15-10-12-17(13-11-15)16-6-4-3-5-7-16;1-13(2)12-14-8-10-16(11-9-14)15-6-4-3-5-7-15;1-11(2)10-13-8-5-7-12-6-3-4-9-14(12)13;1-11(2)9-12-7-8-13-5-3-4-6-14(13)10-12;1-9(2)7-10-8-13-12-6-4-3-5-11(10)12;1-9(2)3-4-10-5-7-11(12)8-6-10;1-10(2)8-9-11-6-4-3-5-7-11;1-9(2)8-10-6-4-3-5-7-10;1-6(2)3-7-4-8-5-9-7;;/h3-7,10-14H,8-9H2,1-2H3;3-11,13H,12H2,1-2H3;3-9,11H,10H2,1-2H3;3-8,10-11H,9H2,1-2H3;3-6,8-9,13H,7H2,1-2H3;5-9,12H,3-4H2,1-2H3;3-7,10H,8-9H2,1-2H3;9-10H,3-8H2,1-2H3;4-6H,3H2,1-2H3,(H,8,9);2*1H4. The number of imidazole rings is 1. The van der Waals surface area contributed by atoms with Crippen LogP contribution in [0.2, 0.25) is 0 Å². The molecule has 634 valence electrons. The third-order valence-electron chi connectivity index (χ3n) is 20.6. The maximum atomic E-state index is 9.03. The number of benzene rings is 11. The third-order valence-corrected chi connectivity index (χ3v) is 20.6. The first-order valence-corrected chi connectivity index (χ1v) is 44.4. The third kappa shape index (κ3) is 42.2. The lowest BCUT2D eigenvalue weighted by Gasteiger charge is -2.22. The molecule has 0 bridgehead atoms. The molecule has 14 rings (SSSR count). The highest BCUT2D eigenvalue weighted by atomic mass is 16.3. The molecular weight excluding hydrogens is 1430 g/mol. The van der Waals surface area contributed by atoms with Crippen LogP contribution in [0.15, 0.2) is 292 Å². The molecule has 4 nitrogen and oxygen atoms in total. The summed E-state index contributed by atoms with van der Waals surface area (Å²) in [6, 6.07) is 96.0. The molecule has 13 aromatic rings. The second-order valence-electron chi connectivity index (χ2n) is 36.0. The van der Waals surface area contributed by atoms with Crippen LogP contribution in [-0.4, -0.2) is 20.1 Å². The number of aromatic amines is 2. The molecule has 0 atom stereocenters. The van der Waals surface area contributed by atoms with E-state index in [1.165, 1.54) is 183 Å². The van der Waals surface area contributed by atoms with Crippen molar-refractivity contribution in [1.29, 1.82) is 0 Å². The smallest absolute Gasteiger partial charge is 0.115 e. The van der Waals surface area contributed by atoms with Crippen LogP contribution in [-0.2, 0) is 51.4 Å². The number of hydrogen-bond acceptors (Lipinski definition) is 2. The molecule has 4 heteroatoms. The van der Waals surface area contributed by atoms with E-state index < -0.39 is 0 Å². The highest BCUT2D eigenvalue weighted by Gasteiger charge is 2.14. The molecule has 1 fully saturated rings. The van der Waals surface area contributed by atoms with E-state index in [2.05, 4.69) is 394 Å². The molecule has 1 aliphatic carbocycles. The van der Waals surface area contributed by atoms with E-state index in [1.54, 1.807) is 18.5 Å². The van der Waals surface area contributed by atoms with Gasteiger partial charge in [0.1, 0.15) is 5.75 Å². The zero-order valence-corrected chi connectivity index (χ0v) is 74.9. The number of phenols is 1. The molecule has 0 spiro atoms. The Morgan fingerprint density at radius 1 is 0.314 bits per heavy atom. The van der Waals surface area contributed by atoms with Gasteiger partial charge in [-0.3, -0.25) is 0 Å². The monoisotopic (exact) mass is 1580 g/mol. The van der Waals surface area contributed by atoms with Gasteiger partial charge >= 0.3 is 0 Å². The molecule has 0 amide bonds. The molecule has 1 aliphatic rings. The Kier molecular flexibility index (Phi) is 49.2. The molecule has 1 saturated carbocycles. The molecule has 2 aromatic heterocycles. The average Bonchev–Trinajstić information content (AvgIpc) is 1.41. The van der Waals surface area contributed by atoms with Crippen LogP contribution in [0.25, 0.3) is 54.7 Å². The maximum absolute atomic E-state index is 9.03. The van der Waals surface area contributed by atoms with E-state index in [9.17, 15) is 0 Å². The summed E-state index contributed by atoms with van der Waals surface area (Å²) in [6.45, 7) is 40.7. The van der Waals surface area contributed by atoms with Crippen LogP contribution < -0.4 is 0 Å². The molecule has 118 heavy (non-hydrogen) atoms. The Bertz CT molecular complexity index is 4580. The van der Waals surface area contributed by atoms with Gasteiger partial charge in [-0.25, -0.2) is 4.98 Å². The van der Waals surface area contributed by atoms with E-state index in [0.29, 0.717) is 11.7 Å². The van der Waals surface area contributed by atoms with Gasteiger partial charge in [0.25, 0.3) is 0 Å². The summed E-state index contributed by atoms with van der Waals surface area (Å²) in [6.07, 6.45) is 27.8. The minimum Gasteiger partial charge on any atom is -0.508 e. The van der Waals surface area contributed by atoms with Gasteiger partial charge in [0.15, 0.2) is 0 Å². The van der Waals surface area contributed by atoms with Crippen molar-refractivity contribution < 1.29 is 5.11 Å². The summed E-state index contributed by atoms with van der Waals surface area (Å²) in [7, 11) is 0. The number of nitrogens with zero attached hydrogens (tertiary/aromatic N) is 1. The molecule has 0 radical (unpaired) electrons. The van der Waals surface area contributed by atoms with Gasteiger partial charge in [-0.15, -0.1) is 0 Å². The zero-order chi connectivity index (χ0) is 83.8. The topological polar surface area (TPSA) is 64.7 Å². The zero-order valence-electron chi connectivity index (χ0n) is 74.9. The predicted octanol–water partition coefficient (Wildman–Crippen LogP) is 33.7. The number of para-hydroxylation sites is 1. The van der Waals surface area contributed by atoms with Crippen LogP contribution in [0.3, 0.4) is 0 Å². The van der Waals surface area contributed by atoms with Crippen LogP contribution in [0.5, 0.6) is 5.75 Å². The summed E-state index contributed by atoms with van der Waals surface area (Å²) >= 11 is 0. The number of rotatable bonds is 23. The number of H-pyrrole nitrogens is 2. The molecule has 3 N–H and O–H groups in total. The Labute approximate surface area is 720 Å². The fraction of sp³-hybridized carbons (Fsp3) is 0.412. The normalized spacial score (nSPS) is 11.6. The van der Waals surface area contributed by atoms with Gasteiger partial charge in [-0.2, -0.15) is 0 Å². The van der Waals surface area contributed by atoms with Gasteiger partial charge in [-0.1, -0.05) is 426 Å². The Balaban J connectivity index is 0.000000280. The van der Waals surface area contributed by atoms with Gasteiger partial charge in [-0.05, 0) is 237 Å². The Morgan fingerprint density at radius 2 is 0.712 bits per heavy atom. The van der Waals surface area contributed by atoms with E-state index in [-0.39, 0.29) is 14.9 Å². The highest BCUT2D eigenvalue weighted by molar-refractivity contribution is 5.86. The van der Waals surface area contributed by atoms with Crippen molar-refractivity contribution in [2.24, 2.45) is 59.2 Å². The number of hydrogen-bond donors (Lipinski definition) is 3. The minimum absolute atomic E-state index is 0. The maximum Gasteiger partial charge on any atom is 0.115 e. The summed E-state index contributed by atoms with van der Waals surface area (Å²) in [5.74, 6) is 8.31. The van der Waals surface area contributed by atoms with Gasteiger partial charge in [0.05, 0.1) is 6.33 Å². The number of phenolic OH excluding ortho intramolecular Hbond substituents is 1. The molecular formula is C114H157N3O. The molecule has 2 heterocycles. The first-order chi connectivity index (χ1) is 55.8. The lowest BCUT2D eigenvalue weighted by Crippen LogP contribution is -2.08. The number of aryl methyl sites for hydroxylation is 3. The first-order valence-electron chi connectivity index (χ1n) is 44.4. The van der Waals surface area contributed by atoms with Gasteiger partial charge in [0.2, 0.25) is 0 Å².